The molecule has 17 heavy (non-hydrogen) atoms. The van der Waals surface area contributed by atoms with Crippen molar-refractivity contribution in [1.82, 2.24) is 4.90 Å². The number of nitrogens with two attached hydrogens (primary N) is 1. The number of carbonyl (C=O) groups excluding carboxylic acids is 1. The summed E-state index contributed by atoms with van der Waals surface area (Å²) >= 11 is 0. The van der Waals surface area contributed by atoms with Gasteiger partial charge in [-0.15, -0.1) is 0 Å². The molecule has 0 spiro atoms. The molecule has 0 saturated carbocycles. The van der Waals surface area contributed by atoms with Crippen LogP contribution in [0.25, 0.3) is 0 Å². The minimum absolute atomic E-state index is 0.171. The van der Waals surface area contributed by atoms with Crippen molar-refractivity contribution in [3.8, 4) is 0 Å². The number of carbonyl (C=O) groups is 1. The van der Waals surface area contributed by atoms with E-state index in [0.717, 1.165) is 18.8 Å². The van der Waals surface area contributed by atoms with E-state index in [-0.39, 0.29) is 5.91 Å². The van der Waals surface area contributed by atoms with E-state index < -0.39 is 0 Å². The Hall–Kier alpha value is -1.29. The Labute approximate surface area is 103 Å². The molecule has 96 valence electrons. The highest BCUT2D eigenvalue weighted by atomic mass is 16.3. The van der Waals surface area contributed by atoms with Gasteiger partial charge in [0.2, 0.25) is 5.91 Å². The van der Waals surface area contributed by atoms with Crippen LogP contribution in [0.3, 0.4) is 0 Å². The highest BCUT2D eigenvalue weighted by Gasteiger charge is 2.14. The number of rotatable bonds is 7. The predicted molar refractivity (Wildman–Crippen MR) is 67.5 cm³/mol. The van der Waals surface area contributed by atoms with Crippen molar-refractivity contribution < 1.29 is 9.21 Å². The van der Waals surface area contributed by atoms with Gasteiger partial charge in [0.15, 0.2) is 0 Å². The van der Waals surface area contributed by atoms with Crippen LogP contribution in [0, 0.1) is 5.92 Å². The van der Waals surface area contributed by atoms with Crippen LogP contribution in [0.5, 0.6) is 0 Å². The molecule has 1 amide bonds. The minimum Gasteiger partial charge on any atom is -0.469 e. The molecule has 0 aliphatic heterocycles. The molecule has 0 aliphatic carbocycles. The van der Waals surface area contributed by atoms with Gasteiger partial charge in [-0.25, -0.2) is 0 Å². The smallest absolute Gasteiger partial charge is 0.223 e. The summed E-state index contributed by atoms with van der Waals surface area (Å²) in [4.78, 5) is 13.8. The zero-order chi connectivity index (χ0) is 12.7. The van der Waals surface area contributed by atoms with Gasteiger partial charge < -0.3 is 15.1 Å². The quantitative estimate of drug-likeness (QED) is 0.786. The lowest BCUT2D eigenvalue weighted by molar-refractivity contribution is -0.131. The summed E-state index contributed by atoms with van der Waals surface area (Å²) in [6.07, 6.45) is 2.80. The van der Waals surface area contributed by atoms with Crippen LogP contribution in [0.4, 0.5) is 0 Å². The fourth-order valence-electron chi connectivity index (χ4n) is 1.70. The second-order valence-electron chi connectivity index (χ2n) is 4.35. The van der Waals surface area contributed by atoms with Gasteiger partial charge in [-0.3, -0.25) is 4.79 Å². The van der Waals surface area contributed by atoms with E-state index in [0.29, 0.717) is 25.3 Å². The number of amides is 1. The van der Waals surface area contributed by atoms with Crippen LogP contribution in [0.15, 0.2) is 22.8 Å². The van der Waals surface area contributed by atoms with Gasteiger partial charge in [0.1, 0.15) is 5.76 Å². The Bertz CT molecular complexity index is 322. The topological polar surface area (TPSA) is 59.5 Å². The first-order valence-electron chi connectivity index (χ1n) is 6.17. The third-order valence-corrected chi connectivity index (χ3v) is 2.83. The molecular weight excluding hydrogens is 216 g/mol. The maximum absolute atomic E-state index is 12.0. The van der Waals surface area contributed by atoms with E-state index in [9.17, 15) is 4.79 Å². The van der Waals surface area contributed by atoms with E-state index in [4.69, 9.17) is 10.2 Å². The molecule has 0 radical (unpaired) electrons. The molecule has 1 heterocycles. The van der Waals surface area contributed by atoms with Gasteiger partial charge in [-0.2, -0.15) is 0 Å². The standard InChI is InChI=1S/C13H22N2O2/c1-3-15(10-11(2)9-14)13(16)7-6-12-5-4-8-17-12/h4-5,8,11H,3,6-7,9-10,14H2,1-2H3. The van der Waals surface area contributed by atoms with Crippen molar-refractivity contribution in [2.45, 2.75) is 26.7 Å². The molecule has 0 aliphatic rings. The van der Waals surface area contributed by atoms with E-state index in [1.807, 2.05) is 24.0 Å². The van der Waals surface area contributed by atoms with Crippen molar-refractivity contribution in [2.75, 3.05) is 19.6 Å². The van der Waals surface area contributed by atoms with Crippen LogP contribution >= 0.6 is 0 Å². The van der Waals surface area contributed by atoms with E-state index in [1.54, 1.807) is 6.26 Å². The summed E-state index contributed by atoms with van der Waals surface area (Å²) in [5.74, 6) is 1.38. The number of hydrogen-bond donors (Lipinski definition) is 1. The number of furan rings is 1. The molecule has 2 N–H and O–H groups in total. The fraction of sp³-hybridized carbons (Fsp3) is 0.615. The largest absolute Gasteiger partial charge is 0.469 e. The highest BCUT2D eigenvalue weighted by molar-refractivity contribution is 5.76. The van der Waals surface area contributed by atoms with Crippen LogP contribution in [-0.2, 0) is 11.2 Å². The average molecular weight is 238 g/mol. The maximum atomic E-state index is 12.0. The van der Waals surface area contributed by atoms with Crippen molar-refractivity contribution in [2.24, 2.45) is 11.7 Å². The van der Waals surface area contributed by atoms with Gasteiger partial charge >= 0.3 is 0 Å². The van der Waals surface area contributed by atoms with Gasteiger partial charge in [0.05, 0.1) is 6.26 Å². The summed E-state index contributed by atoms with van der Waals surface area (Å²) in [7, 11) is 0. The Balaban J connectivity index is 2.38. The first-order valence-corrected chi connectivity index (χ1v) is 6.17. The molecule has 0 aromatic carbocycles. The summed E-state index contributed by atoms with van der Waals surface area (Å²) < 4.78 is 5.21. The van der Waals surface area contributed by atoms with Crippen molar-refractivity contribution in [3.63, 3.8) is 0 Å². The van der Waals surface area contributed by atoms with Gasteiger partial charge in [-0.05, 0) is 31.5 Å². The summed E-state index contributed by atoms with van der Waals surface area (Å²) in [5, 5.41) is 0. The fourth-order valence-corrected chi connectivity index (χ4v) is 1.70. The Morgan fingerprint density at radius 3 is 2.88 bits per heavy atom. The third kappa shape index (κ3) is 4.61. The summed E-state index contributed by atoms with van der Waals surface area (Å²) in [6.45, 7) is 6.14. The van der Waals surface area contributed by atoms with E-state index in [1.165, 1.54) is 0 Å². The molecule has 1 rings (SSSR count). The lowest BCUT2D eigenvalue weighted by atomic mass is 10.1. The molecule has 1 unspecified atom stereocenters. The first-order chi connectivity index (χ1) is 8.17. The number of aryl methyl sites for hydroxylation is 1. The van der Waals surface area contributed by atoms with Gasteiger partial charge in [0, 0.05) is 25.9 Å². The van der Waals surface area contributed by atoms with Crippen LogP contribution < -0.4 is 5.73 Å². The number of hydrogen-bond acceptors (Lipinski definition) is 3. The number of nitrogens with zero attached hydrogens (tertiary/aromatic N) is 1. The molecule has 0 bridgehead atoms. The predicted octanol–water partition coefficient (Wildman–Crippen LogP) is 1.66. The normalized spacial score (nSPS) is 12.4. The van der Waals surface area contributed by atoms with Crippen molar-refractivity contribution >= 4 is 5.91 Å². The average Bonchev–Trinajstić information content (AvgIpc) is 2.85. The lowest BCUT2D eigenvalue weighted by Crippen LogP contribution is -2.36. The van der Waals surface area contributed by atoms with Crippen LogP contribution in [0.1, 0.15) is 26.0 Å². The Morgan fingerprint density at radius 2 is 2.35 bits per heavy atom. The molecule has 1 atom stereocenters. The minimum atomic E-state index is 0.171. The SMILES string of the molecule is CCN(CC(C)CN)C(=O)CCc1ccco1. The highest BCUT2D eigenvalue weighted by Crippen LogP contribution is 2.07. The van der Waals surface area contributed by atoms with E-state index in [2.05, 4.69) is 6.92 Å². The second-order valence-corrected chi connectivity index (χ2v) is 4.35. The Kier molecular flexibility index (Phi) is 5.77. The molecule has 1 aromatic rings. The van der Waals surface area contributed by atoms with Gasteiger partial charge in [0.25, 0.3) is 0 Å². The monoisotopic (exact) mass is 238 g/mol. The molecular formula is C13H22N2O2. The second kappa shape index (κ2) is 7.12. The lowest BCUT2D eigenvalue weighted by Gasteiger charge is -2.23. The van der Waals surface area contributed by atoms with E-state index >= 15 is 0 Å². The summed E-state index contributed by atoms with van der Waals surface area (Å²) in [6, 6.07) is 3.74. The van der Waals surface area contributed by atoms with Crippen molar-refractivity contribution in [1.29, 1.82) is 0 Å². The van der Waals surface area contributed by atoms with Gasteiger partial charge in [-0.1, -0.05) is 6.92 Å². The molecule has 1 aromatic heterocycles. The summed E-state index contributed by atoms with van der Waals surface area (Å²) in [5.41, 5.74) is 5.57. The zero-order valence-corrected chi connectivity index (χ0v) is 10.7. The van der Waals surface area contributed by atoms with Crippen LogP contribution in [-0.4, -0.2) is 30.4 Å². The molecule has 0 fully saturated rings. The molecule has 4 nitrogen and oxygen atoms in total. The maximum Gasteiger partial charge on any atom is 0.223 e. The van der Waals surface area contributed by atoms with Crippen molar-refractivity contribution in [3.05, 3.63) is 24.2 Å². The first kappa shape index (κ1) is 13.8. The van der Waals surface area contributed by atoms with Crippen LogP contribution in [0.2, 0.25) is 0 Å². The zero-order valence-electron chi connectivity index (χ0n) is 10.7. The third-order valence-electron chi connectivity index (χ3n) is 2.83. The molecule has 4 heteroatoms. The Morgan fingerprint density at radius 1 is 1.59 bits per heavy atom. The molecule has 0 saturated heterocycles.